The molecule has 0 aliphatic carbocycles. The highest BCUT2D eigenvalue weighted by Gasteiger charge is 2.00. The second-order valence-electron chi connectivity index (χ2n) is 2.80. The van der Waals surface area contributed by atoms with Crippen molar-refractivity contribution in [1.82, 2.24) is 5.32 Å². The highest BCUT2D eigenvalue weighted by molar-refractivity contribution is 5.64. The minimum Gasteiger partial charge on any atom is -0.465 e. The molecule has 1 aromatic rings. The summed E-state index contributed by atoms with van der Waals surface area (Å²) in [6.45, 7) is 0.299. The Morgan fingerprint density at radius 2 is 2.27 bits per heavy atom. The van der Waals surface area contributed by atoms with Gasteiger partial charge < -0.3 is 10.4 Å². The summed E-state index contributed by atoms with van der Waals surface area (Å²) in [5.41, 5.74) is 9.66. The molecule has 15 heavy (non-hydrogen) atoms. The first-order chi connectivity index (χ1) is 7.24. The third-order valence-corrected chi connectivity index (χ3v) is 1.81. The zero-order chi connectivity index (χ0) is 11.1. The van der Waals surface area contributed by atoms with Gasteiger partial charge in [0.1, 0.15) is 0 Å². The largest absolute Gasteiger partial charge is 0.465 e. The Morgan fingerprint density at radius 1 is 1.53 bits per heavy atom. The molecule has 0 fully saturated rings. The van der Waals surface area contributed by atoms with E-state index >= 15 is 0 Å². The van der Waals surface area contributed by atoms with Crippen molar-refractivity contribution in [2.45, 2.75) is 6.42 Å². The maximum Gasteiger partial charge on any atom is 0.404 e. The molecule has 6 nitrogen and oxygen atoms in total. The van der Waals surface area contributed by atoms with E-state index in [0.29, 0.717) is 18.7 Å². The van der Waals surface area contributed by atoms with Crippen LogP contribution in [0.3, 0.4) is 0 Å². The van der Waals surface area contributed by atoms with Gasteiger partial charge in [0.25, 0.3) is 0 Å². The normalized spacial score (nSPS) is 9.07. The van der Waals surface area contributed by atoms with Crippen LogP contribution in [0.25, 0.3) is 10.4 Å². The first-order valence-electron chi connectivity index (χ1n) is 4.34. The van der Waals surface area contributed by atoms with Gasteiger partial charge in [0.05, 0.1) is 0 Å². The predicted octanol–water partition coefficient (Wildman–Crippen LogP) is 2.44. The molecule has 0 heterocycles. The lowest BCUT2D eigenvalue weighted by Crippen LogP contribution is -2.23. The van der Waals surface area contributed by atoms with Gasteiger partial charge in [-0.05, 0) is 17.5 Å². The van der Waals surface area contributed by atoms with Crippen LogP contribution in [0.4, 0.5) is 10.5 Å². The molecule has 1 rings (SSSR count). The lowest BCUT2D eigenvalue weighted by atomic mass is 10.1. The topological polar surface area (TPSA) is 98.1 Å². The van der Waals surface area contributed by atoms with Crippen molar-refractivity contribution in [3.8, 4) is 0 Å². The summed E-state index contributed by atoms with van der Waals surface area (Å²) in [4.78, 5) is 12.9. The third-order valence-electron chi connectivity index (χ3n) is 1.81. The fraction of sp³-hybridized carbons (Fsp3) is 0.222. The van der Waals surface area contributed by atoms with Gasteiger partial charge >= 0.3 is 6.09 Å². The van der Waals surface area contributed by atoms with Gasteiger partial charge in [-0.2, -0.15) is 0 Å². The average Bonchev–Trinajstić information content (AvgIpc) is 2.20. The molecule has 0 aliphatic heterocycles. The van der Waals surface area contributed by atoms with Crippen LogP contribution in [0.1, 0.15) is 5.56 Å². The molecule has 0 atom stereocenters. The number of carboxylic acid groups (broad SMARTS) is 1. The highest BCUT2D eigenvalue weighted by atomic mass is 16.4. The molecule has 1 amide bonds. The number of amides is 1. The van der Waals surface area contributed by atoms with E-state index in [1.807, 2.05) is 6.07 Å². The maximum absolute atomic E-state index is 10.2. The lowest BCUT2D eigenvalue weighted by molar-refractivity contribution is 0.194. The minimum atomic E-state index is -1.06. The summed E-state index contributed by atoms with van der Waals surface area (Å²) < 4.78 is 0. The van der Waals surface area contributed by atoms with Gasteiger partial charge in [0.2, 0.25) is 0 Å². The van der Waals surface area contributed by atoms with E-state index in [1.54, 1.807) is 18.2 Å². The molecular weight excluding hydrogens is 196 g/mol. The van der Waals surface area contributed by atoms with Gasteiger partial charge in [-0.1, -0.05) is 29.4 Å². The van der Waals surface area contributed by atoms with Crippen molar-refractivity contribution < 1.29 is 9.90 Å². The van der Waals surface area contributed by atoms with Gasteiger partial charge in [0, 0.05) is 17.1 Å². The Hall–Kier alpha value is -2.20. The van der Waals surface area contributed by atoms with Crippen LogP contribution < -0.4 is 5.32 Å². The monoisotopic (exact) mass is 206 g/mol. The molecule has 0 aliphatic rings. The second kappa shape index (κ2) is 5.51. The summed E-state index contributed by atoms with van der Waals surface area (Å²) >= 11 is 0. The van der Waals surface area contributed by atoms with Crippen molar-refractivity contribution in [3.63, 3.8) is 0 Å². The molecule has 78 valence electrons. The van der Waals surface area contributed by atoms with Crippen LogP contribution in [0.15, 0.2) is 29.4 Å². The molecule has 0 spiro atoms. The fourth-order valence-corrected chi connectivity index (χ4v) is 1.17. The summed E-state index contributed by atoms with van der Waals surface area (Å²) in [6, 6.07) is 7.06. The number of rotatable bonds is 4. The molecule has 2 N–H and O–H groups in total. The predicted molar refractivity (Wildman–Crippen MR) is 55.0 cm³/mol. The molecule has 0 saturated carbocycles. The van der Waals surface area contributed by atoms with E-state index in [-0.39, 0.29) is 0 Å². The van der Waals surface area contributed by atoms with Crippen LogP contribution in [-0.2, 0) is 6.42 Å². The summed E-state index contributed by atoms with van der Waals surface area (Å²) in [7, 11) is 0. The van der Waals surface area contributed by atoms with E-state index in [1.165, 1.54) is 0 Å². The van der Waals surface area contributed by atoms with E-state index in [2.05, 4.69) is 15.3 Å². The molecule has 0 saturated heterocycles. The number of hydrogen-bond acceptors (Lipinski definition) is 2. The Morgan fingerprint density at radius 3 is 2.93 bits per heavy atom. The average molecular weight is 206 g/mol. The highest BCUT2D eigenvalue weighted by Crippen LogP contribution is 2.18. The Balaban J connectivity index is 2.67. The van der Waals surface area contributed by atoms with Gasteiger partial charge in [-0.3, -0.25) is 0 Å². The fourth-order valence-electron chi connectivity index (χ4n) is 1.17. The van der Waals surface area contributed by atoms with Crippen molar-refractivity contribution in [3.05, 3.63) is 40.3 Å². The van der Waals surface area contributed by atoms with Crippen LogP contribution in [0.5, 0.6) is 0 Å². The van der Waals surface area contributed by atoms with Crippen LogP contribution in [0, 0.1) is 0 Å². The number of hydrogen-bond donors (Lipinski definition) is 2. The third kappa shape index (κ3) is 3.58. The summed E-state index contributed by atoms with van der Waals surface area (Å²) in [5, 5.41) is 14.1. The number of nitrogens with one attached hydrogen (secondary N) is 1. The van der Waals surface area contributed by atoms with Crippen molar-refractivity contribution >= 4 is 11.8 Å². The number of azide groups is 1. The lowest BCUT2D eigenvalue weighted by Gasteiger charge is -2.04. The molecule has 0 radical (unpaired) electrons. The Bertz CT molecular complexity index is 399. The minimum absolute atomic E-state index is 0.299. The molecule has 0 unspecified atom stereocenters. The number of benzene rings is 1. The number of nitrogens with zero attached hydrogens (tertiary/aromatic N) is 3. The van der Waals surface area contributed by atoms with Gasteiger partial charge in [-0.25, -0.2) is 4.79 Å². The van der Waals surface area contributed by atoms with Crippen molar-refractivity contribution in [2.75, 3.05) is 6.54 Å². The smallest absolute Gasteiger partial charge is 0.404 e. The zero-order valence-corrected chi connectivity index (χ0v) is 7.92. The van der Waals surface area contributed by atoms with Crippen LogP contribution in [0.2, 0.25) is 0 Å². The van der Waals surface area contributed by atoms with Crippen LogP contribution in [-0.4, -0.2) is 17.7 Å². The maximum atomic E-state index is 10.2. The standard InChI is InChI=1S/C9H10N4O2/c10-13-12-8-4-2-1-3-7(8)5-6-11-9(14)15/h1-4,11H,5-6H2,(H,14,15). The van der Waals surface area contributed by atoms with Crippen LogP contribution >= 0.6 is 0 Å². The molecule has 0 aromatic heterocycles. The molecule has 6 heteroatoms. The first-order valence-corrected chi connectivity index (χ1v) is 4.34. The quantitative estimate of drug-likeness (QED) is 0.449. The van der Waals surface area contributed by atoms with E-state index in [0.717, 1.165) is 5.56 Å². The molecule has 0 bridgehead atoms. The summed E-state index contributed by atoms with van der Waals surface area (Å²) in [6.07, 6.45) is -0.558. The second-order valence-corrected chi connectivity index (χ2v) is 2.80. The zero-order valence-electron chi connectivity index (χ0n) is 7.92. The molecule has 1 aromatic carbocycles. The van der Waals surface area contributed by atoms with Gasteiger partial charge in [0.15, 0.2) is 0 Å². The van der Waals surface area contributed by atoms with E-state index < -0.39 is 6.09 Å². The summed E-state index contributed by atoms with van der Waals surface area (Å²) in [5.74, 6) is 0. The van der Waals surface area contributed by atoms with Crippen molar-refractivity contribution in [1.29, 1.82) is 0 Å². The number of carbonyl (C=O) groups is 1. The molecular formula is C9H10N4O2. The first kappa shape index (κ1) is 10.9. The Labute approximate surface area is 86.2 Å². The Kier molecular flexibility index (Phi) is 4.00. The van der Waals surface area contributed by atoms with Crippen molar-refractivity contribution in [2.24, 2.45) is 5.11 Å². The van der Waals surface area contributed by atoms with Gasteiger partial charge in [-0.15, -0.1) is 0 Å². The SMILES string of the molecule is [N-]=[N+]=Nc1ccccc1CCNC(=O)O. The van der Waals surface area contributed by atoms with E-state index in [4.69, 9.17) is 10.6 Å². The van der Waals surface area contributed by atoms with E-state index in [9.17, 15) is 4.79 Å².